The number of rotatable bonds is 5. The van der Waals surface area contributed by atoms with E-state index >= 15 is 0 Å². The molecule has 0 radical (unpaired) electrons. The van der Waals surface area contributed by atoms with E-state index in [1.807, 2.05) is 0 Å². The highest BCUT2D eigenvalue weighted by atomic mass is 35.5. The lowest BCUT2D eigenvalue weighted by molar-refractivity contribution is -0.140. The van der Waals surface area contributed by atoms with Crippen molar-refractivity contribution in [1.82, 2.24) is 0 Å². The maximum Gasteiger partial charge on any atom is 0.306 e. The molecule has 1 atom stereocenters. The molecule has 3 aromatic carbocycles. The SMILES string of the molecule is COC(=O)CC(c1ccc(O)c(Cl)c1)c1c(O)cc(O)c2c(=O)c(O)c(-c3ccc(O)c(O)c3)oc12. The minimum absolute atomic E-state index is 0.00669. The molecule has 11 heteroatoms. The number of halogens is 1. The molecule has 1 aromatic heterocycles. The van der Waals surface area contributed by atoms with Gasteiger partial charge in [-0.15, -0.1) is 0 Å². The average molecular weight is 515 g/mol. The standard InChI is InChI=1S/C25H19ClO10/c1-35-19(32)8-12(10-2-4-14(27)13(26)6-10)20-17(30)9-18(31)21-22(33)23(34)24(36-25(20)21)11-3-5-15(28)16(29)7-11/h2-7,9,12,27-31,34H,8H2,1H3. The zero-order valence-corrected chi connectivity index (χ0v) is 19.3. The van der Waals surface area contributed by atoms with Crippen LogP contribution in [-0.2, 0) is 9.53 Å². The number of carbonyl (C=O) groups excluding carboxylic acids is 1. The molecular weight excluding hydrogens is 496 g/mol. The molecule has 4 rings (SSSR count). The first kappa shape index (κ1) is 24.6. The summed E-state index contributed by atoms with van der Waals surface area (Å²) in [4.78, 5) is 25.4. The summed E-state index contributed by atoms with van der Waals surface area (Å²) in [6, 6.07) is 8.32. The lowest BCUT2D eigenvalue weighted by Gasteiger charge is -2.21. The monoisotopic (exact) mass is 514 g/mol. The summed E-state index contributed by atoms with van der Waals surface area (Å²) >= 11 is 6.06. The van der Waals surface area contributed by atoms with Gasteiger partial charge in [0.15, 0.2) is 17.3 Å². The number of hydrogen-bond donors (Lipinski definition) is 6. The van der Waals surface area contributed by atoms with Gasteiger partial charge in [0.05, 0.1) is 18.6 Å². The van der Waals surface area contributed by atoms with Crippen LogP contribution in [0.2, 0.25) is 5.02 Å². The molecule has 0 aliphatic rings. The first-order valence-corrected chi connectivity index (χ1v) is 10.7. The van der Waals surface area contributed by atoms with E-state index < -0.39 is 57.2 Å². The van der Waals surface area contributed by atoms with Crippen molar-refractivity contribution in [2.45, 2.75) is 12.3 Å². The van der Waals surface area contributed by atoms with Crippen molar-refractivity contribution in [3.05, 3.63) is 68.8 Å². The molecule has 186 valence electrons. The largest absolute Gasteiger partial charge is 0.507 e. The van der Waals surface area contributed by atoms with E-state index in [1.165, 1.54) is 24.3 Å². The topological polar surface area (TPSA) is 178 Å². The lowest BCUT2D eigenvalue weighted by atomic mass is 9.86. The molecular formula is C25H19ClO10. The number of phenolic OH excluding ortho intramolecular Hbond substituents is 5. The number of carbonyl (C=O) groups is 1. The molecule has 0 aliphatic carbocycles. The van der Waals surface area contributed by atoms with Crippen LogP contribution in [-0.4, -0.2) is 43.7 Å². The normalized spacial score (nSPS) is 11.9. The predicted molar refractivity (Wildman–Crippen MR) is 128 cm³/mol. The van der Waals surface area contributed by atoms with E-state index in [9.17, 15) is 40.2 Å². The molecule has 0 amide bonds. The summed E-state index contributed by atoms with van der Waals surface area (Å²) in [7, 11) is 1.16. The molecule has 4 aromatic rings. The minimum Gasteiger partial charge on any atom is -0.507 e. The van der Waals surface area contributed by atoms with Crippen molar-refractivity contribution < 1.29 is 44.6 Å². The summed E-state index contributed by atoms with van der Waals surface area (Å²) in [5.41, 5.74) is -1.22. The second-order valence-corrected chi connectivity index (χ2v) is 8.30. The van der Waals surface area contributed by atoms with Gasteiger partial charge in [0.25, 0.3) is 0 Å². The van der Waals surface area contributed by atoms with Crippen molar-refractivity contribution in [3.63, 3.8) is 0 Å². The van der Waals surface area contributed by atoms with Crippen molar-refractivity contribution in [1.29, 1.82) is 0 Å². The molecule has 6 N–H and O–H groups in total. The Bertz CT molecular complexity index is 1570. The molecule has 1 unspecified atom stereocenters. The van der Waals surface area contributed by atoms with E-state index in [0.29, 0.717) is 5.56 Å². The van der Waals surface area contributed by atoms with E-state index in [0.717, 1.165) is 25.3 Å². The fraction of sp³-hybridized carbons (Fsp3) is 0.120. The molecule has 36 heavy (non-hydrogen) atoms. The Balaban J connectivity index is 2.09. The Kier molecular flexibility index (Phi) is 6.30. The smallest absolute Gasteiger partial charge is 0.306 e. The highest BCUT2D eigenvalue weighted by molar-refractivity contribution is 6.32. The highest BCUT2D eigenvalue weighted by Gasteiger charge is 2.30. The minimum atomic E-state index is -1.06. The van der Waals surface area contributed by atoms with Gasteiger partial charge in [-0.3, -0.25) is 9.59 Å². The van der Waals surface area contributed by atoms with Crippen LogP contribution < -0.4 is 5.43 Å². The highest BCUT2D eigenvalue weighted by Crippen LogP contribution is 2.45. The second kappa shape index (κ2) is 9.23. The van der Waals surface area contributed by atoms with Crippen molar-refractivity contribution >= 4 is 28.5 Å². The first-order chi connectivity index (χ1) is 17.0. The Hall–Kier alpha value is -4.57. The molecule has 0 spiro atoms. The Morgan fingerprint density at radius 3 is 2.25 bits per heavy atom. The van der Waals surface area contributed by atoms with E-state index in [4.69, 9.17) is 20.8 Å². The summed E-state index contributed by atoms with van der Waals surface area (Å²) in [6.45, 7) is 0. The average Bonchev–Trinajstić information content (AvgIpc) is 2.83. The molecule has 10 nitrogen and oxygen atoms in total. The zero-order chi connectivity index (χ0) is 26.3. The predicted octanol–water partition coefficient (Wildman–Crippen LogP) is 4.04. The number of methoxy groups -OCH3 is 1. The van der Waals surface area contributed by atoms with Gasteiger partial charge in [-0.25, -0.2) is 0 Å². The summed E-state index contributed by atoms with van der Waals surface area (Å²) in [5, 5.41) is 60.6. The number of hydrogen-bond acceptors (Lipinski definition) is 10. The number of fused-ring (bicyclic) bond motifs is 1. The Morgan fingerprint density at radius 2 is 1.61 bits per heavy atom. The fourth-order valence-electron chi connectivity index (χ4n) is 3.92. The first-order valence-electron chi connectivity index (χ1n) is 10.4. The van der Waals surface area contributed by atoms with Gasteiger partial charge in [-0.05, 0) is 35.9 Å². The summed E-state index contributed by atoms with van der Waals surface area (Å²) in [6.07, 6.45) is -0.370. The van der Waals surface area contributed by atoms with Crippen LogP contribution in [0.25, 0.3) is 22.3 Å². The lowest BCUT2D eigenvalue weighted by Crippen LogP contribution is -2.12. The number of phenols is 5. The third-order valence-corrected chi connectivity index (χ3v) is 6.00. The molecule has 0 fully saturated rings. The Labute approximate surface area is 207 Å². The fourth-order valence-corrected chi connectivity index (χ4v) is 4.11. The molecule has 0 saturated carbocycles. The number of ether oxygens (including phenoxy) is 1. The van der Waals surface area contributed by atoms with Gasteiger partial charge in [-0.2, -0.15) is 0 Å². The van der Waals surface area contributed by atoms with Gasteiger partial charge in [0.1, 0.15) is 28.2 Å². The zero-order valence-electron chi connectivity index (χ0n) is 18.5. The molecule has 0 aliphatic heterocycles. The molecule has 0 bridgehead atoms. The van der Waals surface area contributed by atoms with Crippen molar-refractivity contribution in [2.75, 3.05) is 7.11 Å². The van der Waals surface area contributed by atoms with Gasteiger partial charge in [0, 0.05) is 23.1 Å². The number of benzene rings is 3. The van der Waals surface area contributed by atoms with E-state index in [-0.39, 0.29) is 33.9 Å². The summed E-state index contributed by atoms with van der Waals surface area (Å²) in [5.74, 6) is -5.59. The van der Waals surface area contributed by atoms with Crippen molar-refractivity contribution in [3.8, 4) is 45.8 Å². The van der Waals surface area contributed by atoms with Gasteiger partial charge < -0.3 is 39.8 Å². The van der Waals surface area contributed by atoms with Crippen molar-refractivity contribution in [2.24, 2.45) is 0 Å². The van der Waals surface area contributed by atoms with Crippen LogP contribution in [0.4, 0.5) is 0 Å². The van der Waals surface area contributed by atoms with Gasteiger partial charge in [0.2, 0.25) is 11.2 Å². The summed E-state index contributed by atoms with van der Waals surface area (Å²) < 4.78 is 10.6. The van der Waals surface area contributed by atoms with Gasteiger partial charge >= 0.3 is 5.97 Å². The van der Waals surface area contributed by atoms with Crippen LogP contribution in [0.3, 0.4) is 0 Å². The van der Waals surface area contributed by atoms with E-state index in [2.05, 4.69) is 0 Å². The van der Waals surface area contributed by atoms with Crippen LogP contribution in [0.15, 0.2) is 51.7 Å². The molecule has 1 heterocycles. The third-order valence-electron chi connectivity index (χ3n) is 5.70. The van der Waals surface area contributed by atoms with Crippen LogP contribution in [0.5, 0.6) is 34.5 Å². The quantitative estimate of drug-likeness (QED) is 0.168. The Morgan fingerprint density at radius 1 is 0.917 bits per heavy atom. The van der Waals surface area contributed by atoms with Crippen LogP contribution in [0.1, 0.15) is 23.5 Å². The maximum atomic E-state index is 13.1. The third kappa shape index (κ3) is 4.18. The van der Waals surface area contributed by atoms with Gasteiger partial charge in [-0.1, -0.05) is 17.7 Å². The van der Waals surface area contributed by atoms with Crippen LogP contribution in [0, 0.1) is 0 Å². The number of esters is 1. The maximum absolute atomic E-state index is 13.1. The molecule has 0 saturated heterocycles. The van der Waals surface area contributed by atoms with Crippen LogP contribution >= 0.6 is 11.6 Å². The van der Waals surface area contributed by atoms with E-state index in [1.54, 1.807) is 0 Å². The second-order valence-electron chi connectivity index (χ2n) is 7.89. The number of aromatic hydroxyl groups is 6.